The SMILES string of the molecule is C=CCN1/C(=C/C=C/c2n(CC=C)c3nc4cc(Cl)ccc4nc3[n+]2CC=C)N(CC=C)c2nc3cc(Cl)ccc3nc21. The Morgan fingerprint density at radius 3 is 1.88 bits per heavy atom. The van der Waals surface area contributed by atoms with Crippen molar-refractivity contribution in [2.45, 2.75) is 13.1 Å². The number of fused-ring (bicyclic) bond motifs is 4. The average molecular weight is 609 g/mol. The van der Waals surface area contributed by atoms with E-state index in [1.807, 2.05) is 78.9 Å². The summed E-state index contributed by atoms with van der Waals surface area (Å²) in [6, 6.07) is 11.1. The number of rotatable bonds is 10. The smallest absolute Gasteiger partial charge is 0.305 e. The lowest BCUT2D eigenvalue weighted by Gasteiger charge is -2.22. The molecule has 0 saturated heterocycles. The van der Waals surface area contributed by atoms with Gasteiger partial charge in [-0.25, -0.2) is 24.1 Å². The Kier molecular flexibility index (Phi) is 7.80. The van der Waals surface area contributed by atoms with E-state index in [9.17, 15) is 0 Å². The normalized spacial score (nSPS) is 14.0. The molecule has 8 nitrogen and oxygen atoms in total. The number of aromatic nitrogens is 6. The Hall–Kier alpha value is -4.79. The molecule has 0 radical (unpaired) electrons. The van der Waals surface area contributed by atoms with Crippen molar-refractivity contribution in [2.24, 2.45) is 0 Å². The molecular formula is C33H29Cl2N8+. The van der Waals surface area contributed by atoms with E-state index in [1.54, 1.807) is 0 Å². The molecule has 214 valence electrons. The van der Waals surface area contributed by atoms with Gasteiger partial charge >= 0.3 is 5.65 Å². The highest BCUT2D eigenvalue weighted by Gasteiger charge is 2.33. The summed E-state index contributed by atoms with van der Waals surface area (Å²) < 4.78 is 4.17. The molecule has 1 aliphatic heterocycles. The largest absolute Gasteiger partial charge is 0.323 e. The number of hydrogen-bond donors (Lipinski definition) is 0. The molecule has 0 spiro atoms. The van der Waals surface area contributed by atoms with E-state index in [2.05, 4.69) is 45.2 Å². The second kappa shape index (κ2) is 11.8. The molecule has 3 aromatic heterocycles. The Bertz CT molecular complexity index is 2010. The summed E-state index contributed by atoms with van der Waals surface area (Å²) >= 11 is 12.5. The maximum Gasteiger partial charge on any atom is 0.323 e. The van der Waals surface area contributed by atoms with Crippen molar-refractivity contribution in [3.8, 4) is 0 Å². The monoisotopic (exact) mass is 607 g/mol. The molecule has 5 aromatic rings. The Morgan fingerprint density at radius 2 is 1.28 bits per heavy atom. The van der Waals surface area contributed by atoms with Crippen LogP contribution < -0.4 is 14.4 Å². The van der Waals surface area contributed by atoms with Crippen molar-refractivity contribution in [3.63, 3.8) is 0 Å². The molecule has 1 aliphatic rings. The maximum atomic E-state index is 6.26. The molecule has 43 heavy (non-hydrogen) atoms. The summed E-state index contributed by atoms with van der Waals surface area (Å²) in [4.78, 5) is 23.9. The number of halogens is 2. The van der Waals surface area contributed by atoms with Crippen LogP contribution in [0.15, 0.2) is 105 Å². The fourth-order valence-corrected chi connectivity index (χ4v) is 5.62. The average Bonchev–Trinajstić information content (AvgIpc) is 3.42. The fourth-order valence-electron chi connectivity index (χ4n) is 5.28. The molecule has 0 aliphatic carbocycles. The van der Waals surface area contributed by atoms with Gasteiger partial charge < -0.3 is 9.80 Å². The van der Waals surface area contributed by atoms with Crippen molar-refractivity contribution in [1.82, 2.24) is 24.5 Å². The van der Waals surface area contributed by atoms with Gasteiger partial charge in [-0.2, -0.15) is 0 Å². The van der Waals surface area contributed by atoms with Gasteiger partial charge in [-0.1, -0.05) is 71.7 Å². The van der Waals surface area contributed by atoms with Crippen molar-refractivity contribution in [1.29, 1.82) is 0 Å². The lowest BCUT2D eigenvalue weighted by Crippen LogP contribution is -2.36. The molecule has 0 amide bonds. The fraction of sp³-hybridized carbons (Fsp3) is 0.121. The zero-order valence-electron chi connectivity index (χ0n) is 23.5. The summed E-state index contributed by atoms with van der Waals surface area (Å²) in [7, 11) is 0. The van der Waals surface area contributed by atoms with E-state index in [0.29, 0.717) is 36.2 Å². The first-order chi connectivity index (χ1) is 21.0. The van der Waals surface area contributed by atoms with E-state index in [1.165, 1.54) is 0 Å². The van der Waals surface area contributed by atoms with Gasteiger partial charge in [0.25, 0.3) is 5.65 Å². The quantitative estimate of drug-likeness (QED) is 0.125. The molecule has 0 unspecified atom stereocenters. The van der Waals surface area contributed by atoms with Crippen molar-refractivity contribution < 1.29 is 4.57 Å². The summed E-state index contributed by atoms with van der Waals surface area (Å²) in [5.41, 5.74) is 4.46. The number of allylic oxidation sites excluding steroid dienone is 4. The lowest BCUT2D eigenvalue weighted by molar-refractivity contribution is -0.665. The number of benzene rings is 2. The summed E-state index contributed by atoms with van der Waals surface area (Å²) in [6.45, 7) is 18.1. The molecule has 6 rings (SSSR count). The van der Waals surface area contributed by atoms with Gasteiger partial charge in [-0.05, 0) is 42.5 Å². The van der Waals surface area contributed by atoms with Crippen LogP contribution in [0.5, 0.6) is 0 Å². The number of anilines is 2. The maximum absolute atomic E-state index is 6.26. The minimum atomic E-state index is 0.539. The number of imidazole rings is 1. The summed E-state index contributed by atoms with van der Waals surface area (Å²) in [5.74, 6) is 3.27. The van der Waals surface area contributed by atoms with Gasteiger partial charge in [0.1, 0.15) is 11.3 Å². The third-order valence-electron chi connectivity index (χ3n) is 7.05. The summed E-state index contributed by atoms with van der Waals surface area (Å²) in [5, 5.41) is 1.22. The molecule has 10 heteroatoms. The third-order valence-corrected chi connectivity index (χ3v) is 7.52. The van der Waals surface area contributed by atoms with Crippen LogP contribution in [-0.4, -0.2) is 37.6 Å². The van der Waals surface area contributed by atoms with Gasteiger partial charge in [0.2, 0.25) is 5.82 Å². The van der Waals surface area contributed by atoms with Gasteiger partial charge in [0.15, 0.2) is 17.2 Å². The summed E-state index contributed by atoms with van der Waals surface area (Å²) in [6.07, 6.45) is 13.5. The van der Waals surface area contributed by atoms with E-state index >= 15 is 0 Å². The molecule has 0 saturated carbocycles. The van der Waals surface area contributed by atoms with E-state index in [0.717, 1.165) is 56.6 Å². The van der Waals surface area contributed by atoms with Crippen LogP contribution in [0, 0.1) is 0 Å². The van der Waals surface area contributed by atoms with Crippen LogP contribution in [0.25, 0.3) is 39.4 Å². The van der Waals surface area contributed by atoms with Crippen molar-refractivity contribution >= 4 is 74.3 Å². The molecular weight excluding hydrogens is 579 g/mol. The molecule has 2 aromatic carbocycles. The van der Waals surface area contributed by atoms with Gasteiger partial charge in [0.05, 0.1) is 24.1 Å². The number of nitrogens with zero attached hydrogens (tertiary/aromatic N) is 8. The zero-order valence-corrected chi connectivity index (χ0v) is 25.0. The van der Waals surface area contributed by atoms with E-state index < -0.39 is 0 Å². The zero-order chi connectivity index (χ0) is 30.1. The van der Waals surface area contributed by atoms with Gasteiger partial charge in [-0.3, -0.25) is 0 Å². The lowest BCUT2D eigenvalue weighted by atomic mass is 10.3. The van der Waals surface area contributed by atoms with Crippen molar-refractivity contribution in [2.75, 3.05) is 22.9 Å². The molecule has 0 bridgehead atoms. The van der Waals surface area contributed by atoms with Crippen LogP contribution in [-0.2, 0) is 13.1 Å². The highest BCUT2D eigenvalue weighted by Crippen LogP contribution is 2.40. The number of hydrogen-bond acceptors (Lipinski definition) is 6. The van der Waals surface area contributed by atoms with Crippen LogP contribution in [0.2, 0.25) is 10.0 Å². The predicted octanol–water partition coefficient (Wildman–Crippen LogP) is 7.05. The first kappa shape index (κ1) is 28.3. The topological polar surface area (TPSA) is 66.9 Å². The van der Waals surface area contributed by atoms with Gasteiger partial charge in [-0.15, -0.1) is 13.2 Å². The minimum absolute atomic E-state index is 0.539. The Morgan fingerprint density at radius 1 is 0.698 bits per heavy atom. The van der Waals surface area contributed by atoms with Crippen LogP contribution >= 0.6 is 23.2 Å². The Balaban J connectivity index is 1.50. The second-order valence-electron chi connectivity index (χ2n) is 9.85. The van der Waals surface area contributed by atoms with Crippen molar-refractivity contribution in [3.05, 3.63) is 121 Å². The van der Waals surface area contributed by atoms with Crippen LogP contribution in [0.3, 0.4) is 0 Å². The first-order valence-corrected chi connectivity index (χ1v) is 14.5. The second-order valence-corrected chi connectivity index (χ2v) is 10.7. The third kappa shape index (κ3) is 5.09. The highest BCUT2D eigenvalue weighted by atomic mass is 35.5. The molecule has 0 atom stereocenters. The predicted molar refractivity (Wildman–Crippen MR) is 177 cm³/mol. The van der Waals surface area contributed by atoms with Crippen LogP contribution in [0.4, 0.5) is 11.6 Å². The highest BCUT2D eigenvalue weighted by molar-refractivity contribution is 6.31. The van der Waals surface area contributed by atoms with Crippen LogP contribution in [0.1, 0.15) is 5.82 Å². The van der Waals surface area contributed by atoms with E-state index in [-0.39, 0.29) is 0 Å². The molecule has 0 N–H and O–H groups in total. The standard InChI is InChI=1S/C33H29Cl2N8/c1-5-16-40-28(42(18-7-3)32-30(40)36-24-14-12-22(34)20-26(24)38-32)10-9-11-29-41(17-6-2)31-33(43(29)19-8-4)39-27-21-23(35)13-15-25(27)37-31/h5-15,20-21H,1-4,16-19H2/q+1. The molecule has 4 heterocycles. The van der Waals surface area contributed by atoms with Gasteiger partial charge in [0, 0.05) is 29.2 Å². The van der Waals surface area contributed by atoms with E-state index in [4.69, 9.17) is 43.1 Å². The minimum Gasteiger partial charge on any atom is -0.305 e. The Labute approximate surface area is 259 Å². The molecule has 0 fully saturated rings. The first-order valence-electron chi connectivity index (χ1n) is 13.7.